The number of non-ortho nitro benzene ring substituents is 1. The van der Waals surface area contributed by atoms with Gasteiger partial charge < -0.3 is 0 Å². The minimum Gasteiger partial charge on any atom is -0.272 e. The Morgan fingerprint density at radius 1 is 1.30 bits per heavy atom. The van der Waals surface area contributed by atoms with Crippen LogP contribution in [0, 0.1) is 38.5 Å². The van der Waals surface area contributed by atoms with Crippen LogP contribution >= 0.6 is 0 Å². The topological polar surface area (TPSA) is 111 Å². The lowest BCUT2D eigenvalue weighted by atomic mass is 9.85. The molecule has 0 radical (unpaired) electrons. The third kappa shape index (κ3) is 4.03. The van der Waals surface area contributed by atoms with Crippen molar-refractivity contribution >= 4 is 22.8 Å². The van der Waals surface area contributed by atoms with E-state index in [0.29, 0.717) is 6.42 Å². The van der Waals surface area contributed by atoms with Crippen molar-refractivity contribution in [3.05, 3.63) is 38.4 Å². The summed E-state index contributed by atoms with van der Waals surface area (Å²) in [4.78, 5) is 20.5. The number of nitro benzene ring substituents is 2. The summed E-state index contributed by atoms with van der Waals surface area (Å²) in [5, 5.41) is 26.1. The number of terminal acetylenes is 1. The number of anilines is 1. The number of benzene rings is 1. The van der Waals surface area contributed by atoms with Crippen LogP contribution in [0.3, 0.4) is 0 Å². The average molecular weight is 316 g/mol. The summed E-state index contributed by atoms with van der Waals surface area (Å²) in [5.74, 6) is 2.80. The minimum absolute atomic E-state index is 0.123. The van der Waals surface area contributed by atoms with E-state index in [1.54, 1.807) is 0 Å². The zero-order valence-corrected chi connectivity index (χ0v) is 12.4. The lowest BCUT2D eigenvalue weighted by molar-refractivity contribution is -0.393. The first kappa shape index (κ1) is 16.4. The van der Waals surface area contributed by atoms with E-state index in [2.05, 4.69) is 16.4 Å². The lowest BCUT2D eigenvalue weighted by Crippen LogP contribution is -2.20. The predicted octanol–water partition coefficient (Wildman–Crippen LogP) is 3.48. The van der Waals surface area contributed by atoms with Gasteiger partial charge in [0.1, 0.15) is 5.69 Å². The molecule has 0 aromatic heterocycles. The molecule has 23 heavy (non-hydrogen) atoms. The van der Waals surface area contributed by atoms with Crippen LogP contribution in [-0.2, 0) is 0 Å². The third-order valence-corrected chi connectivity index (χ3v) is 3.78. The Morgan fingerprint density at radius 3 is 2.74 bits per heavy atom. The Bertz CT molecular complexity index is 693. The van der Waals surface area contributed by atoms with Crippen LogP contribution in [0.5, 0.6) is 0 Å². The maximum atomic E-state index is 11.1. The molecule has 0 amide bonds. The van der Waals surface area contributed by atoms with Gasteiger partial charge in [-0.2, -0.15) is 5.10 Å². The number of nitrogens with zero attached hydrogens (tertiary/aromatic N) is 3. The Kier molecular flexibility index (Phi) is 5.25. The van der Waals surface area contributed by atoms with Gasteiger partial charge in [-0.05, 0) is 25.3 Å². The zero-order valence-electron chi connectivity index (χ0n) is 12.4. The van der Waals surface area contributed by atoms with Crippen molar-refractivity contribution in [3.63, 3.8) is 0 Å². The number of hydrogen-bond acceptors (Lipinski definition) is 6. The normalized spacial score (nSPS) is 19.1. The van der Waals surface area contributed by atoms with Crippen molar-refractivity contribution in [2.24, 2.45) is 11.0 Å². The molecule has 120 valence electrons. The van der Waals surface area contributed by atoms with E-state index in [9.17, 15) is 20.2 Å². The number of nitrogens with one attached hydrogen (secondary N) is 1. The molecule has 0 aliphatic heterocycles. The first-order valence-electron chi connectivity index (χ1n) is 7.21. The summed E-state index contributed by atoms with van der Waals surface area (Å²) in [6, 6.07) is 3.41. The minimum atomic E-state index is -0.674. The van der Waals surface area contributed by atoms with Gasteiger partial charge in [-0.15, -0.1) is 12.3 Å². The highest BCUT2D eigenvalue weighted by molar-refractivity contribution is 5.88. The smallest absolute Gasteiger partial charge is 0.272 e. The van der Waals surface area contributed by atoms with Gasteiger partial charge in [0.15, 0.2) is 0 Å². The van der Waals surface area contributed by atoms with Crippen molar-refractivity contribution in [2.75, 3.05) is 5.43 Å². The highest BCUT2D eigenvalue weighted by Gasteiger charge is 2.22. The summed E-state index contributed by atoms with van der Waals surface area (Å²) in [5.41, 5.74) is 2.97. The number of hydrazone groups is 1. The van der Waals surface area contributed by atoms with Gasteiger partial charge >= 0.3 is 5.69 Å². The van der Waals surface area contributed by atoms with Gasteiger partial charge in [0.05, 0.1) is 15.9 Å². The fraction of sp³-hybridized carbons (Fsp3) is 0.400. The van der Waals surface area contributed by atoms with Crippen molar-refractivity contribution in [3.8, 4) is 12.3 Å². The summed E-state index contributed by atoms with van der Waals surface area (Å²) >= 11 is 0. The van der Waals surface area contributed by atoms with E-state index in [4.69, 9.17) is 6.42 Å². The fourth-order valence-electron chi connectivity index (χ4n) is 2.59. The molecule has 1 saturated carbocycles. The maximum absolute atomic E-state index is 11.1. The van der Waals surface area contributed by atoms with E-state index in [1.165, 1.54) is 12.1 Å². The first-order chi connectivity index (χ1) is 11.0. The molecular formula is C15H16N4O4. The Morgan fingerprint density at radius 2 is 2.09 bits per heavy atom. The van der Waals surface area contributed by atoms with E-state index < -0.39 is 9.85 Å². The molecule has 0 unspecified atom stereocenters. The summed E-state index contributed by atoms with van der Waals surface area (Å²) in [6.07, 6.45) is 9.78. The Hall–Kier alpha value is -2.95. The van der Waals surface area contributed by atoms with Crippen molar-refractivity contribution in [1.82, 2.24) is 0 Å². The standard InChI is InChI=1S/C15H16N4O4/c1-2-5-11-6-3-4-7-13(11)16-17-14-9-8-12(18(20)21)10-15(14)19(22)23/h1,8-11,17H,3-7H2/b16-13-/t11-/m0/s1. The van der Waals surface area contributed by atoms with Crippen LogP contribution in [-0.4, -0.2) is 15.6 Å². The maximum Gasteiger partial charge on any atom is 0.301 e. The van der Waals surface area contributed by atoms with Crippen LogP contribution in [0.4, 0.5) is 17.1 Å². The van der Waals surface area contributed by atoms with Crippen LogP contribution in [0.1, 0.15) is 32.1 Å². The number of rotatable bonds is 5. The first-order valence-corrected chi connectivity index (χ1v) is 7.21. The van der Waals surface area contributed by atoms with Crippen molar-refractivity contribution in [1.29, 1.82) is 0 Å². The van der Waals surface area contributed by atoms with Crippen molar-refractivity contribution in [2.45, 2.75) is 32.1 Å². The predicted molar refractivity (Wildman–Crippen MR) is 86.2 cm³/mol. The molecule has 1 atom stereocenters. The van der Waals surface area contributed by atoms with E-state index in [-0.39, 0.29) is 23.0 Å². The average Bonchev–Trinajstić information content (AvgIpc) is 2.54. The lowest BCUT2D eigenvalue weighted by Gasteiger charge is -2.22. The molecule has 1 aromatic rings. The monoisotopic (exact) mass is 316 g/mol. The molecule has 1 aliphatic rings. The molecule has 0 bridgehead atoms. The molecule has 1 N–H and O–H groups in total. The molecule has 0 saturated heterocycles. The summed E-state index contributed by atoms with van der Waals surface area (Å²) in [6.45, 7) is 0. The zero-order chi connectivity index (χ0) is 16.8. The van der Waals surface area contributed by atoms with Gasteiger partial charge in [-0.25, -0.2) is 0 Å². The largest absolute Gasteiger partial charge is 0.301 e. The molecule has 2 rings (SSSR count). The Balaban J connectivity index is 2.25. The third-order valence-electron chi connectivity index (χ3n) is 3.78. The molecule has 0 heterocycles. The number of nitro groups is 2. The number of hydrogen-bond donors (Lipinski definition) is 1. The SMILES string of the molecule is C#CC[C@H]1CCCC/C1=N/Nc1ccc([N+](=O)[O-])cc1[N+](=O)[O-]. The van der Waals surface area contributed by atoms with E-state index in [1.807, 2.05) is 0 Å². The molecule has 8 nitrogen and oxygen atoms in total. The quantitative estimate of drug-likeness (QED) is 0.508. The highest BCUT2D eigenvalue weighted by atomic mass is 16.6. The molecule has 1 aliphatic carbocycles. The second kappa shape index (κ2) is 7.35. The van der Waals surface area contributed by atoms with Crippen molar-refractivity contribution < 1.29 is 9.85 Å². The van der Waals surface area contributed by atoms with Gasteiger partial charge in [0, 0.05) is 24.1 Å². The van der Waals surface area contributed by atoms with Gasteiger partial charge in [-0.3, -0.25) is 25.7 Å². The second-order valence-corrected chi connectivity index (χ2v) is 5.28. The highest BCUT2D eigenvalue weighted by Crippen LogP contribution is 2.30. The van der Waals surface area contributed by atoms with Gasteiger partial charge in [0.2, 0.25) is 0 Å². The second-order valence-electron chi connectivity index (χ2n) is 5.28. The summed E-state index contributed by atoms with van der Waals surface area (Å²) in [7, 11) is 0. The fourth-order valence-corrected chi connectivity index (χ4v) is 2.59. The molecule has 1 fully saturated rings. The van der Waals surface area contributed by atoms with Gasteiger partial charge in [-0.1, -0.05) is 6.42 Å². The van der Waals surface area contributed by atoms with Crippen LogP contribution in [0.15, 0.2) is 23.3 Å². The molecule has 1 aromatic carbocycles. The Labute approximate surface area is 132 Å². The van der Waals surface area contributed by atoms with Crippen LogP contribution in [0.2, 0.25) is 0 Å². The molecule has 0 spiro atoms. The molecular weight excluding hydrogens is 300 g/mol. The van der Waals surface area contributed by atoms with Crippen LogP contribution < -0.4 is 5.43 Å². The molecule has 8 heteroatoms. The summed E-state index contributed by atoms with van der Waals surface area (Å²) < 4.78 is 0. The van der Waals surface area contributed by atoms with Crippen LogP contribution in [0.25, 0.3) is 0 Å². The van der Waals surface area contributed by atoms with E-state index >= 15 is 0 Å². The van der Waals surface area contributed by atoms with E-state index in [0.717, 1.165) is 37.5 Å². The van der Waals surface area contributed by atoms with Gasteiger partial charge in [0.25, 0.3) is 5.69 Å².